The minimum absolute atomic E-state index is 0.759. The first-order chi connectivity index (χ1) is 8.11. The molecule has 0 saturated carbocycles. The number of nitrogens with zero attached hydrogens (tertiary/aromatic N) is 2. The molecular weight excluding hydrogens is 234 g/mol. The zero-order valence-corrected chi connectivity index (χ0v) is 11.2. The van der Waals surface area contributed by atoms with E-state index in [0.717, 1.165) is 34.6 Å². The molecule has 17 heavy (non-hydrogen) atoms. The Morgan fingerprint density at radius 2 is 2.18 bits per heavy atom. The Hall–Kier alpha value is -1.33. The number of hydrogen-bond acceptors (Lipinski definition) is 3. The molecule has 1 aromatic carbocycles. The summed E-state index contributed by atoms with van der Waals surface area (Å²) in [5.74, 6) is 0.841. The van der Waals surface area contributed by atoms with Gasteiger partial charge in [0.2, 0.25) is 0 Å². The Balaban J connectivity index is 2.42. The number of aromatic nitrogens is 2. The molecule has 0 atom stereocenters. The van der Waals surface area contributed by atoms with Gasteiger partial charge in [-0.1, -0.05) is 0 Å². The number of likely N-dealkylation sites (N-methyl/N-ethyl adjacent to an activating group) is 1. The van der Waals surface area contributed by atoms with Gasteiger partial charge in [-0.25, -0.2) is 0 Å². The van der Waals surface area contributed by atoms with Crippen molar-refractivity contribution in [1.82, 2.24) is 14.5 Å². The molecule has 1 aromatic heterocycles. The third-order valence-corrected chi connectivity index (χ3v) is 3.07. The average molecular weight is 251 g/mol. The second-order valence-corrected chi connectivity index (χ2v) is 4.65. The molecule has 5 heteroatoms. The molecule has 0 bridgehead atoms. The molecule has 4 nitrogen and oxygen atoms in total. The molecule has 0 aliphatic rings. The van der Waals surface area contributed by atoms with E-state index < -0.39 is 0 Å². The van der Waals surface area contributed by atoms with E-state index in [-0.39, 0.29) is 0 Å². The van der Waals surface area contributed by atoms with Crippen LogP contribution in [0.4, 0.5) is 0 Å². The lowest BCUT2D eigenvalue weighted by Gasteiger charge is -2.10. The fraction of sp³-hybridized carbons (Fsp3) is 0.417. The van der Waals surface area contributed by atoms with Crippen LogP contribution in [0.25, 0.3) is 11.0 Å². The first-order valence-corrected chi connectivity index (χ1v) is 5.94. The summed E-state index contributed by atoms with van der Waals surface area (Å²) >= 11 is 5.33. The summed E-state index contributed by atoms with van der Waals surface area (Å²) in [4.78, 5) is 5.35. The number of imidazole rings is 1. The smallest absolute Gasteiger partial charge is 0.178 e. The Morgan fingerprint density at radius 3 is 2.82 bits per heavy atom. The fourth-order valence-corrected chi connectivity index (χ4v) is 2.09. The molecule has 1 heterocycles. The molecule has 2 aromatic rings. The quantitative estimate of drug-likeness (QED) is 0.846. The second-order valence-electron chi connectivity index (χ2n) is 4.27. The minimum Gasteiger partial charge on any atom is -0.497 e. The van der Waals surface area contributed by atoms with Gasteiger partial charge in [-0.15, -0.1) is 0 Å². The second kappa shape index (κ2) is 4.89. The van der Waals surface area contributed by atoms with Crippen molar-refractivity contribution >= 4 is 23.3 Å². The maximum absolute atomic E-state index is 5.33. The van der Waals surface area contributed by atoms with Gasteiger partial charge in [0.1, 0.15) is 5.75 Å². The van der Waals surface area contributed by atoms with Crippen molar-refractivity contribution < 1.29 is 4.74 Å². The summed E-state index contributed by atoms with van der Waals surface area (Å²) in [5, 5.41) is 0. The van der Waals surface area contributed by atoms with Gasteiger partial charge in [-0.2, -0.15) is 0 Å². The van der Waals surface area contributed by atoms with Crippen LogP contribution < -0.4 is 4.74 Å². The molecule has 2 rings (SSSR count). The van der Waals surface area contributed by atoms with Crippen molar-refractivity contribution in [3.8, 4) is 5.75 Å². The monoisotopic (exact) mass is 251 g/mol. The SMILES string of the molecule is COc1ccc2c(c1)[nH]c(=S)n2CCN(C)C. The topological polar surface area (TPSA) is 33.2 Å². The molecule has 0 spiro atoms. The molecular formula is C12H17N3OS. The number of fused-ring (bicyclic) bond motifs is 1. The molecule has 0 amide bonds. The number of nitrogens with one attached hydrogen (secondary N) is 1. The van der Waals surface area contributed by atoms with E-state index in [4.69, 9.17) is 17.0 Å². The zero-order chi connectivity index (χ0) is 12.4. The first kappa shape index (κ1) is 12.1. The largest absolute Gasteiger partial charge is 0.497 e. The van der Waals surface area contributed by atoms with E-state index in [1.807, 2.05) is 18.2 Å². The van der Waals surface area contributed by atoms with Crippen LogP contribution >= 0.6 is 12.2 Å². The Bertz CT molecular complexity index is 571. The number of ether oxygens (including phenoxy) is 1. The Kier molecular flexibility index (Phi) is 3.49. The summed E-state index contributed by atoms with van der Waals surface area (Å²) in [5.41, 5.74) is 2.14. The summed E-state index contributed by atoms with van der Waals surface area (Å²) < 4.78 is 8.07. The van der Waals surface area contributed by atoms with Crippen molar-refractivity contribution in [2.45, 2.75) is 6.54 Å². The first-order valence-electron chi connectivity index (χ1n) is 5.53. The van der Waals surface area contributed by atoms with Crippen LogP contribution in [0, 0.1) is 4.77 Å². The molecule has 0 aliphatic carbocycles. The van der Waals surface area contributed by atoms with Crippen LogP contribution in [0.2, 0.25) is 0 Å². The van der Waals surface area contributed by atoms with E-state index in [1.54, 1.807) is 7.11 Å². The van der Waals surface area contributed by atoms with Crippen LogP contribution in [-0.2, 0) is 6.54 Å². The van der Waals surface area contributed by atoms with Crippen molar-refractivity contribution in [3.63, 3.8) is 0 Å². The standard InChI is InChI=1S/C12H17N3OS/c1-14(2)6-7-15-11-5-4-9(16-3)8-10(11)13-12(15)17/h4-5,8H,6-7H2,1-3H3,(H,13,17). The predicted molar refractivity (Wildman–Crippen MR) is 72.2 cm³/mol. The molecule has 0 radical (unpaired) electrons. The molecule has 0 aliphatic heterocycles. The van der Waals surface area contributed by atoms with Gasteiger partial charge in [0, 0.05) is 19.2 Å². The van der Waals surface area contributed by atoms with Crippen molar-refractivity contribution in [2.24, 2.45) is 0 Å². The van der Waals surface area contributed by atoms with E-state index in [1.165, 1.54) is 0 Å². The van der Waals surface area contributed by atoms with Gasteiger partial charge in [-0.05, 0) is 38.4 Å². The van der Waals surface area contributed by atoms with E-state index in [0.29, 0.717) is 0 Å². The number of benzene rings is 1. The van der Waals surface area contributed by atoms with Gasteiger partial charge in [0.25, 0.3) is 0 Å². The van der Waals surface area contributed by atoms with Crippen LogP contribution in [0.3, 0.4) is 0 Å². The highest BCUT2D eigenvalue weighted by Crippen LogP contribution is 2.20. The zero-order valence-electron chi connectivity index (χ0n) is 10.4. The van der Waals surface area contributed by atoms with E-state index in [9.17, 15) is 0 Å². The summed E-state index contributed by atoms with van der Waals surface area (Å²) in [7, 11) is 5.78. The van der Waals surface area contributed by atoms with E-state index >= 15 is 0 Å². The average Bonchev–Trinajstić information content (AvgIpc) is 2.60. The Morgan fingerprint density at radius 1 is 1.41 bits per heavy atom. The molecule has 0 saturated heterocycles. The highest BCUT2D eigenvalue weighted by molar-refractivity contribution is 7.71. The van der Waals surface area contributed by atoms with Crippen molar-refractivity contribution in [1.29, 1.82) is 0 Å². The summed E-state index contributed by atoms with van der Waals surface area (Å²) in [6.45, 7) is 1.85. The molecule has 0 fully saturated rings. The van der Waals surface area contributed by atoms with Crippen molar-refractivity contribution in [2.75, 3.05) is 27.7 Å². The fourth-order valence-electron chi connectivity index (χ4n) is 1.79. The number of rotatable bonds is 4. The highest BCUT2D eigenvalue weighted by Gasteiger charge is 2.05. The lowest BCUT2D eigenvalue weighted by Crippen LogP contribution is -2.18. The highest BCUT2D eigenvalue weighted by atomic mass is 32.1. The normalized spacial score (nSPS) is 11.3. The van der Waals surface area contributed by atoms with E-state index in [2.05, 4.69) is 28.5 Å². The Labute approximate surface area is 106 Å². The number of H-pyrrole nitrogens is 1. The van der Waals surface area contributed by atoms with Gasteiger partial charge in [-0.3, -0.25) is 0 Å². The lowest BCUT2D eigenvalue weighted by molar-refractivity contribution is 0.385. The summed E-state index contributed by atoms with van der Waals surface area (Å²) in [6.07, 6.45) is 0. The van der Waals surface area contributed by atoms with Gasteiger partial charge in [0.05, 0.1) is 18.1 Å². The van der Waals surface area contributed by atoms with Gasteiger partial charge >= 0.3 is 0 Å². The third-order valence-electron chi connectivity index (χ3n) is 2.75. The predicted octanol–water partition coefficient (Wildman–Crippen LogP) is 2.27. The third kappa shape index (κ3) is 2.50. The molecule has 0 unspecified atom stereocenters. The molecule has 92 valence electrons. The molecule has 1 N–H and O–H groups in total. The number of methoxy groups -OCH3 is 1. The van der Waals surface area contributed by atoms with Crippen LogP contribution in [0.5, 0.6) is 5.75 Å². The van der Waals surface area contributed by atoms with Crippen molar-refractivity contribution in [3.05, 3.63) is 23.0 Å². The maximum atomic E-state index is 5.33. The van der Waals surface area contributed by atoms with Gasteiger partial charge in [0.15, 0.2) is 4.77 Å². The maximum Gasteiger partial charge on any atom is 0.178 e. The van der Waals surface area contributed by atoms with Crippen LogP contribution in [0.1, 0.15) is 0 Å². The number of hydrogen-bond donors (Lipinski definition) is 1. The lowest BCUT2D eigenvalue weighted by atomic mass is 10.3. The minimum atomic E-state index is 0.759. The van der Waals surface area contributed by atoms with Crippen LogP contribution in [-0.4, -0.2) is 42.2 Å². The van der Waals surface area contributed by atoms with Crippen LogP contribution in [0.15, 0.2) is 18.2 Å². The van der Waals surface area contributed by atoms with Gasteiger partial charge < -0.3 is 19.2 Å². The number of aromatic amines is 1. The summed E-state index contributed by atoms with van der Waals surface area (Å²) in [6, 6.07) is 5.96.